The summed E-state index contributed by atoms with van der Waals surface area (Å²) in [4.78, 5) is 0. The van der Waals surface area contributed by atoms with E-state index in [1.807, 2.05) is 0 Å². The van der Waals surface area contributed by atoms with Crippen molar-refractivity contribution in [1.29, 1.82) is 0 Å². The Morgan fingerprint density at radius 3 is 2.67 bits per heavy atom. The highest BCUT2D eigenvalue weighted by Crippen LogP contribution is 2.05. The minimum atomic E-state index is -1.74. The lowest BCUT2D eigenvalue weighted by Crippen LogP contribution is -1.59. The Bertz CT molecular complexity index is 130. The van der Waals surface area contributed by atoms with Crippen LogP contribution in [-0.2, 0) is 15.0 Å². The molecule has 0 aliphatic heterocycles. The fourth-order valence-corrected chi connectivity index (χ4v) is 0. The Kier molecular flexibility index (Phi) is 1.92. The summed E-state index contributed by atoms with van der Waals surface area (Å²) in [6.07, 6.45) is -0.355. The van der Waals surface area contributed by atoms with E-state index in [1.54, 1.807) is 0 Å². The Hall–Kier alpha value is 0.380. The summed E-state index contributed by atoms with van der Waals surface area (Å²) in [5.41, 5.74) is 0. The van der Waals surface area contributed by atoms with Gasteiger partial charge in [-0.15, -0.1) is 0 Å². The third kappa shape index (κ3) is 2.61. The maximum atomic E-state index is 11.8. The molecule has 0 fully saturated rings. The van der Waals surface area contributed by atoms with Crippen molar-refractivity contribution in [3.05, 3.63) is 0 Å². The van der Waals surface area contributed by atoms with E-state index < -0.39 is 17.0 Å². The molecule has 0 amide bonds. The molecule has 0 aromatic rings. The SMILES string of the molecule is [3H]C/S(F)=P(\C)=O. The molecule has 0 heterocycles. The maximum Gasteiger partial charge on any atom is 0.149 e. The number of hydrogen-bond acceptors (Lipinski definition) is 1. The Morgan fingerprint density at radius 2 is 2.67 bits per heavy atom. The van der Waals surface area contributed by atoms with Crippen molar-refractivity contribution in [2.24, 2.45) is 0 Å². The summed E-state index contributed by atoms with van der Waals surface area (Å²) >= 11 is 0. The van der Waals surface area contributed by atoms with Crippen LogP contribution in [-0.4, -0.2) is 12.9 Å². The van der Waals surface area contributed by atoms with Gasteiger partial charge in [0.2, 0.25) is 0 Å². The lowest BCUT2D eigenvalue weighted by molar-refractivity contribution is 0.599. The van der Waals surface area contributed by atoms with Crippen molar-refractivity contribution in [3.63, 3.8) is 0 Å². The highest BCUT2D eigenvalue weighted by molar-refractivity contribution is 8.18. The van der Waals surface area contributed by atoms with Gasteiger partial charge in [-0.25, -0.2) is 0 Å². The van der Waals surface area contributed by atoms with E-state index in [2.05, 4.69) is 0 Å². The van der Waals surface area contributed by atoms with Crippen molar-refractivity contribution in [1.82, 2.24) is 0 Å². The molecule has 1 nitrogen and oxygen atoms in total. The molecule has 38 valence electrons. The van der Waals surface area contributed by atoms with Gasteiger partial charge in [0.05, 0.1) is 0 Å². The van der Waals surface area contributed by atoms with Gasteiger partial charge in [-0.2, -0.15) is 3.89 Å². The molecule has 4 heteroatoms. The summed E-state index contributed by atoms with van der Waals surface area (Å²) < 4.78 is 28.2. The average molecular weight is 130 g/mol. The molecule has 0 spiro atoms. The molecule has 0 rings (SSSR count). The van der Waals surface area contributed by atoms with Gasteiger partial charge in [0.25, 0.3) is 0 Å². The number of rotatable bonds is 0. The summed E-state index contributed by atoms with van der Waals surface area (Å²) in [6, 6.07) is 0. The average Bonchev–Trinajstić information content (AvgIpc) is 1.65. The Labute approximate surface area is 40.6 Å². The third-order valence-corrected chi connectivity index (χ3v) is 2.51. The van der Waals surface area contributed by atoms with Crippen molar-refractivity contribution >= 4 is 17.0 Å². The smallest absolute Gasteiger partial charge is 0.149 e. The van der Waals surface area contributed by atoms with Crippen LogP contribution in [0.25, 0.3) is 0 Å². The lowest BCUT2D eigenvalue weighted by Gasteiger charge is -1.71. The highest BCUT2D eigenvalue weighted by Gasteiger charge is 1.76. The molecule has 0 bridgehead atoms. The summed E-state index contributed by atoms with van der Waals surface area (Å²) in [7, 11) is -1.65. The monoisotopic (exact) mass is 130 g/mol. The highest BCUT2D eigenvalue weighted by atomic mass is 32.5. The van der Waals surface area contributed by atoms with E-state index in [0.717, 1.165) is 0 Å². The zero-order valence-electron chi connectivity index (χ0n) is 4.35. The second-order valence-corrected chi connectivity index (χ2v) is 4.97. The normalized spacial score (nSPS) is 19.0. The molecule has 0 aliphatic rings. The van der Waals surface area contributed by atoms with Crippen LogP contribution in [0, 0.1) is 0 Å². The molecular weight excluding hydrogens is 122 g/mol. The molecule has 2 atom stereocenters. The van der Waals surface area contributed by atoms with Gasteiger partial charge >= 0.3 is 0 Å². The standard InChI is InChI=1S/C2H6FOPS/c1-5(4)6(2)3/h1-2H3/i2T. The molecule has 0 saturated carbocycles. The first-order chi connectivity index (χ1) is 3.18. The Balaban J connectivity index is 4.00. The molecular formula is C2H6FOPS. The second-order valence-electron chi connectivity index (χ2n) is 0.747. The van der Waals surface area contributed by atoms with E-state index in [0.29, 0.717) is 0 Å². The largest absolute Gasteiger partial charge is 0.274 e. The fourth-order valence-electron chi connectivity index (χ4n) is 0. The van der Waals surface area contributed by atoms with Crippen LogP contribution in [0.4, 0.5) is 3.89 Å². The van der Waals surface area contributed by atoms with Crippen molar-refractivity contribution in [3.8, 4) is 0 Å². The van der Waals surface area contributed by atoms with Crippen LogP contribution >= 0.6 is 6.58 Å². The Morgan fingerprint density at radius 1 is 2.17 bits per heavy atom. The molecule has 0 saturated heterocycles. The van der Waals surface area contributed by atoms with Crippen LogP contribution in [0.15, 0.2) is 0 Å². The zero-order chi connectivity index (χ0) is 5.86. The van der Waals surface area contributed by atoms with E-state index in [9.17, 15) is 8.45 Å². The topological polar surface area (TPSA) is 17.1 Å². The summed E-state index contributed by atoms with van der Waals surface area (Å²) in [6.45, 7) is -0.440. The molecule has 0 aromatic heterocycles. The van der Waals surface area contributed by atoms with Gasteiger partial charge in [-0.3, -0.25) is 4.57 Å². The van der Waals surface area contributed by atoms with Crippen molar-refractivity contribution < 1.29 is 9.82 Å². The molecule has 0 aliphatic carbocycles. The van der Waals surface area contributed by atoms with Gasteiger partial charge < -0.3 is 0 Å². The van der Waals surface area contributed by atoms with E-state index in [4.69, 9.17) is 1.37 Å². The van der Waals surface area contributed by atoms with E-state index >= 15 is 0 Å². The summed E-state index contributed by atoms with van der Waals surface area (Å²) in [5, 5.41) is 0. The zero-order valence-corrected chi connectivity index (χ0v) is 5.06. The number of halogens is 1. The first kappa shape index (κ1) is 4.54. The van der Waals surface area contributed by atoms with Crippen LogP contribution in [0.5, 0.6) is 0 Å². The van der Waals surface area contributed by atoms with Gasteiger partial charge in [0, 0.05) is 24.7 Å². The van der Waals surface area contributed by atoms with Crippen LogP contribution in [0.1, 0.15) is 1.37 Å². The van der Waals surface area contributed by atoms with Crippen molar-refractivity contribution in [2.75, 3.05) is 12.9 Å². The fraction of sp³-hybridized carbons (Fsp3) is 1.00. The van der Waals surface area contributed by atoms with Gasteiger partial charge in [-0.05, 0) is 0 Å². The molecule has 0 radical (unpaired) electrons. The van der Waals surface area contributed by atoms with Gasteiger partial charge in [0.1, 0.15) is 6.58 Å². The van der Waals surface area contributed by atoms with Gasteiger partial charge in [-0.1, -0.05) is 0 Å². The molecule has 6 heavy (non-hydrogen) atoms. The predicted octanol–water partition coefficient (Wildman–Crippen LogP) is 1.49. The minimum absolute atomic E-state index is 0.355. The van der Waals surface area contributed by atoms with Crippen molar-refractivity contribution in [2.45, 2.75) is 0 Å². The second kappa shape index (κ2) is 2.54. The summed E-state index contributed by atoms with van der Waals surface area (Å²) in [5.74, 6) is 0. The van der Waals surface area contributed by atoms with Crippen LogP contribution in [0.2, 0.25) is 0 Å². The van der Waals surface area contributed by atoms with E-state index in [-0.39, 0.29) is 6.23 Å². The van der Waals surface area contributed by atoms with E-state index in [1.165, 1.54) is 6.66 Å². The third-order valence-electron chi connectivity index (χ3n) is 0.279. The maximum absolute atomic E-state index is 11.8. The van der Waals surface area contributed by atoms with Gasteiger partial charge in [0.15, 0.2) is 0 Å². The number of hydrogen-bond donors (Lipinski definition) is 0. The molecule has 0 N–H and O–H groups in total. The quantitative estimate of drug-likeness (QED) is 0.454. The first-order valence-electron chi connectivity index (χ1n) is 1.96. The first-order valence-corrected chi connectivity index (χ1v) is 4.86. The predicted molar refractivity (Wildman–Crippen MR) is 27.9 cm³/mol. The molecule has 2 unspecified atom stereocenters. The minimum Gasteiger partial charge on any atom is -0.274 e. The lowest BCUT2D eigenvalue weighted by atomic mass is 12.0. The van der Waals surface area contributed by atoms with Crippen LogP contribution < -0.4 is 0 Å². The molecule has 0 aromatic carbocycles. The van der Waals surface area contributed by atoms with Crippen LogP contribution in [0.3, 0.4) is 0 Å².